The molecule has 1 fully saturated rings. The normalized spacial score (nSPS) is 18.2. The zero-order valence-corrected chi connectivity index (χ0v) is 23.5. The van der Waals surface area contributed by atoms with Gasteiger partial charge in [-0.25, -0.2) is 17.9 Å². The number of hydrogen-bond donors (Lipinski definition) is 4. The summed E-state index contributed by atoms with van der Waals surface area (Å²) in [6.07, 6.45) is 1.22. The number of amides is 3. The van der Waals surface area contributed by atoms with Gasteiger partial charge >= 0.3 is 16.2 Å². The molecule has 0 saturated heterocycles. The highest BCUT2D eigenvalue weighted by atomic mass is 32.2. The Morgan fingerprint density at radius 2 is 1.52 bits per heavy atom. The standard InChI is InChI=1S/C26H29N5O7S2/c1-31(21-12-14-22(38-2)15-13-21)24(32)26(17-23(26)18-8-5-4-6-9-18)27-25(33)30-40(36,37)29-20-11-7-10-19(16-20)28-39(3,34)35/h4-16,23,28-29H,17H2,1-3H3,(H2,27,30,33)/t23-,26-/m1/s1. The van der Waals surface area contributed by atoms with Crippen LogP contribution in [0.3, 0.4) is 0 Å². The average Bonchev–Trinajstić information content (AvgIpc) is 3.61. The van der Waals surface area contributed by atoms with E-state index in [0.717, 1.165) is 11.8 Å². The van der Waals surface area contributed by atoms with Gasteiger partial charge in [0.1, 0.15) is 11.3 Å². The molecule has 3 aromatic carbocycles. The lowest BCUT2D eigenvalue weighted by atomic mass is 10.0. The number of carbonyl (C=O) groups excluding carboxylic acids is 2. The summed E-state index contributed by atoms with van der Waals surface area (Å²) in [5.74, 6) is -0.200. The zero-order chi connectivity index (χ0) is 29.1. The van der Waals surface area contributed by atoms with Crippen LogP contribution in [0.1, 0.15) is 17.9 Å². The van der Waals surface area contributed by atoms with Gasteiger partial charge in [-0.05, 0) is 54.4 Å². The van der Waals surface area contributed by atoms with Crippen LogP contribution < -0.4 is 29.1 Å². The molecule has 40 heavy (non-hydrogen) atoms. The van der Waals surface area contributed by atoms with Gasteiger partial charge in [-0.2, -0.15) is 8.42 Å². The van der Waals surface area contributed by atoms with Crippen LogP contribution in [0.25, 0.3) is 0 Å². The second-order valence-corrected chi connectivity index (χ2v) is 12.5. The van der Waals surface area contributed by atoms with E-state index in [1.165, 1.54) is 36.3 Å². The molecule has 0 bridgehead atoms. The first-order valence-corrected chi connectivity index (χ1v) is 15.4. The first-order valence-electron chi connectivity index (χ1n) is 12.0. The molecule has 1 saturated carbocycles. The topological polar surface area (TPSA) is 163 Å². The molecule has 4 rings (SSSR count). The van der Waals surface area contributed by atoms with E-state index in [1.807, 2.05) is 35.1 Å². The second kappa shape index (κ2) is 11.1. The molecule has 3 amide bonds. The monoisotopic (exact) mass is 587 g/mol. The van der Waals surface area contributed by atoms with Crippen molar-refractivity contribution in [2.75, 3.05) is 34.8 Å². The van der Waals surface area contributed by atoms with Crippen molar-refractivity contribution in [1.82, 2.24) is 10.0 Å². The van der Waals surface area contributed by atoms with Crippen LogP contribution >= 0.6 is 0 Å². The molecular weight excluding hydrogens is 558 g/mol. The Morgan fingerprint density at radius 1 is 0.900 bits per heavy atom. The van der Waals surface area contributed by atoms with Crippen LogP contribution in [-0.4, -0.2) is 54.7 Å². The van der Waals surface area contributed by atoms with E-state index in [2.05, 4.69) is 14.8 Å². The number of carbonyl (C=O) groups is 2. The van der Waals surface area contributed by atoms with Crippen molar-refractivity contribution in [3.8, 4) is 5.75 Å². The van der Waals surface area contributed by atoms with E-state index < -0.39 is 37.7 Å². The molecule has 0 heterocycles. The fraction of sp³-hybridized carbons (Fsp3) is 0.231. The van der Waals surface area contributed by atoms with Gasteiger partial charge in [0, 0.05) is 18.7 Å². The third-order valence-corrected chi connectivity index (χ3v) is 7.86. The van der Waals surface area contributed by atoms with E-state index in [9.17, 15) is 26.4 Å². The van der Waals surface area contributed by atoms with Crippen LogP contribution in [0.4, 0.5) is 21.9 Å². The fourth-order valence-corrected chi connectivity index (χ4v) is 5.73. The van der Waals surface area contributed by atoms with Crippen molar-refractivity contribution in [3.63, 3.8) is 0 Å². The van der Waals surface area contributed by atoms with Crippen LogP contribution in [-0.2, 0) is 25.0 Å². The molecule has 12 nitrogen and oxygen atoms in total. The van der Waals surface area contributed by atoms with Gasteiger partial charge in [-0.3, -0.25) is 14.2 Å². The Bertz CT molecular complexity index is 1610. The predicted octanol–water partition coefficient (Wildman–Crippen LogP) is 2.61. The molecular formula is C26H29N5O7S2. The van der Waals surface area contributed by atoms with Crippen molar-refractivity contribution < 1.29 is 31.2 Å². The quantitative estimate of drug-likeness (QED) is 0.283. The molecule has 0 aliphatic heterocycles. The predicted molar refractivity (Wildman–Crippen MR) is 152 cm³/mol. The zero-order valence-electron chi connectivity index (χ0n) is 21.9. The number of benzene rings is 3. The Balaban J connectivity index is 1.52. The van der Waals surface area contributed by atoms with E-state index in [1.54, 1.807) is 31.3 Å². The number of ether oxygens (including phenoxy) is 1. The van der Waals surface area contributed by atoms with Crippen LogP contribution in [0.2, 0.25) is 0 Å². The van der Waals surface area contributed by atoms with Crippen molar-refractivity contribution in [2.24, 2.45) is 0 Å². The minimum atomic E-state index is -4.45. The minimum absolute atomic E-state index is 0.00700. The molecule has 4 N–H and O–H groups in total. The Hall–Kier alpha value is -4.30. The molecule has 0 aromatic heterocycles. The molecule has 0 radical (unpaired) electrons. The summed E-state index contributed by atoms with van der Waals surface area (Å²) >= 11 is 0. The summed E-state index contributed by atoms with van der Waals surface area (Å²) in [5.41, 5.74) is 0.113. The first-order chi connectivity index (χ1) is 18.8. The van der Waals surface area contributed by atoms with Gasteiger partial charge in [0.15, 0.2) is 0 Å². The van der Waals surface area contributed by atoms with Crippen LogP contribution in [0.15, 0.2) is 78.9 Å². The van der Waals surface area contributed by atoms with E-state index in [4.69, 9.17) is 4.74 Å². The number of nitrogens with zero attached hydrogens (tertiary/aromatic N) is 1. The largest absolute Gasteiger partial charge is 0.497 e. The van der Waals surface area contributed by atoms with Gasteiger partial charge < -0.3 is 15.0 Å². The molecule has 1 aliphatic carbocycles. The van der Waals surface area contributed by atoms with Gasteiger partial charge in [0.2, 0.25) is 10.0 Å². The SMILES string of the molecule is COc1ccc(N(C)C(=O)[C@@]2(NC(=O)NS(=O)(=O)Nc3cccc(NS(C)(=O)=O)c3)C[C@@H]2c2ccccc2)cc1. The van der Waals surface area contributed by atoms with Crippen molar-refractivity contribution >= 4 is 49.2 Å². The first kappa shape index (κ1) is 28.7. The van der Waals surface area contributed by atoms with E-state index >= 15 is 0 Å². The number of hydrogen-bond acceptors (Lipinski definition) is 7. The fourth-order valence-electron chi connectivity index (χ4n) is 4.39. The molecule has 212 valence electrons. The lowest BCUT2D eigenvalue weighted by Gasteiger charge is -2.26. The summed E-state index contributed by atoms with van der Waals surface area (Å²) in [4.78, 5) is 28.1. The second-order valence-electron chi connectivity index (χ2n) is 9.32. The Kier molecular flexibility index (Phi) is 7.93. The summed E-state index contributed by atoms with van der Waals surface area (Å²) in [6.45, 7) is 0. The number of sulfonamides is 1. The highest BCUT2D eigenvalue weighted by Gasteiger charge is 2.63. The molecule has 3 aromatic rings. The third kappa shape index (κ3) is 6.82. The van der Waals surface area contributed by atoms with Crippen molar-refractivity contribution in [3.05, 3.63) is 84.4 Å². The smallest absolute Gasteiger partial charge is 0.330 e. The molecule has 0 spiro atoms. The molecule has 1 aliphatic rings. The lowest BCUT2D eigenvalue weighted by Crippen LogP contribution is -2.55. The van der Waals surface area contributed by atoms with Gasteiger partial charge in [-0.1, -0.05) is 36.4 Å². The number of nitrogens with one attached hydrogen (secondary N) is 4. The summed E-state index contributed by atoms with van der Waals surface area (Å²) in [6, 6.07) is 20.3. The molecule has 0 unspecified atom stereocenters. The van der Waals surface area contributed by atoms with Crippen molar-refractivity contribution in [1.29, 1.82) is 0 Å². The third-order valence-electron chi connectivity index (χ3n) is 6.29. The van der Waals surface area contributed by atoms with Crippen LogP contribution in [0, 0.1) is 0 Å². The number of urea groups is 1. The number of rotatable bonds is 10. The number of likely N-dealkylation sites (N-methyl/N-ethyl adjacent to an activating group) is 1. The number of anilines is 3. The maximum Gasteiger partial charge on any atom is 0.330 e. The minimum Gasteiger partial charge on any atom is -0.497 e. The summed E-state index contributed by atoms with van der Waals surface area (Å²) < 4.78 is 59.9. The lowest BCUT2D eigenvalue weighted by molar-refractivity contribution is -0.121. The van der Waals surface area contributed by atoms with Gasteiger partial charge in [-0.15, -0.1) is 0 Å². The van der Waals surface area contributed by atoms with Gasteiger partial charge in [0.05, 0.1) is 24.7 Å². The summed E-state index contributed by atoms with van der Waals surface area (Å²) in [5, 5.41) is 2.60. The van der Waals surface area contributed by atoms with Crippen LogP contribution in [0.5, 0.6) is 5.75 Å². The highest BCUT2D eigenvalue weighted by Crippen LogP contribution is 2.52. The molecule has 2 atom stereocenters. The average molecular weight is 588 g/mol. The Labute approximate surface area is 233 Å². The van der Waals surface area contributed by atoms with Crippen molar-refractivity contribution in [2.45, 2.75) is 17.9 Å². The number of methoxy groups -OCH3 is 1. The van der Waals surface area contributed by atoms with E-state index in [0.29, 0.717) is 11.4 Å². The van der Waals surface area contributed by atoms with Gasteiger partial charge in [0.25, 0.3) is 5.91 Å². The maximum absolute atomic E-state index is 13.7. The maximum atomic E-state index is 13.7. The summed E-state index contributed by atoms with van der Waals surface area (Å²) in [7, 11) is -4.94. The van der Waals surface area contributed by atoms with E-state index in [-0.39, 0.29) is 23.7 Å². The Morgan fingerprint density at radius 3 is 2.12 bits per heavy atom. The highest BCUT2D eigenvalue weighted by molar-refractivity contribution is 7.92. The molecule has 14 heteroatoms.